The summed E-state index contributed by atoms with van der Waals surface area (Å²) in [4.78, 5) is 42.0. The van der Waals surface area contributed by atoms with Gasteiger partial charge in [0, 0.05) is 19.4 Å². The minimum Gasteiger partial charge on any atom is -0.497 e. The number of methoxy groups -OCH3 is 1. The number of carboxylic acids is 1. The van der Waals surface area contributed by atoms with Crippen molar-refractivity contribution in [2.45, 2.75) is 63.5 Å². The van der Waals surface area contributed by atoms with Crippen molar-refractivity contribution < 1.29 is 29.0 Å². The van der Waals surface area contributed by atoms with E-state index < -0.39 is 24.0 Å². The Bertz CT molecular complexity index is 1730. The summed E-state index contributed by atoms with van der Waals surface area (Å²) in [5, 5.41) is 12.9. The van der Waals surface area contributed by atoms with Crippen molar-refractivity contribution in [3.8, 4) is 22.6 Å². The summed E-state index contributed by atoms with van der Waals surface area (Å²) in [7, 11) is 1.64. The molecule has 254 valence electrons. The van der Waals surface area contributed by atoms with E-state index in [-0.39, 0.29) is 12.3 Å². The van der Waals surface area contributed by atoms with Gasteiger partial charge in [-0.15, -0.1) is 0 Å². The largest absolute Gasteiger partial charge is 0.497 e. The summed E-state index contributed by atoms with van der Waals surface area (Å²) in [5.74, 6) is 0.288. The van der Waals surface area contributed by atoms with E-state index in [0.29, 0.717) is 49.6 Å². The summed E-state index contributed by atoms with van der Waals surface area (Å²) in [6.45, 7) is 0.857. The fraction of sp³-hybridized carbons (Fsp3) is 0.341. The lowest BCUT2D eigenvalue weighted by molar-refractivity contribution is -0.143. The van der Waals surface area contributed by atoms with Crippen LogP contribution in [-0.2, 0) is 27.2 Å². The Hall–Kier alpha value is -5.11. The second-order valence-corrected chi connectivity index (χ2v) is 13.0. The molecule has 8 heteroatoms. The molecular weight excluding hydrogens is 616 g/mol. The molecule has 2 unspecified atom stereocenters. The molecule has 8 nitrogen and oxygen atoms in total. The number of carboxylic acid groups (broad SMARTS) is 1. The topological polar surface area (TPSA) is 105 Å². The van der Waals surface area contributed by atoms with Gasteiger partial charge in [0.1, 0.15) is 17.5 Å². The third-order valence-electron chi connectivity index (χ3n) is 9.79. The lowest BCUT2D eigenvalue weighted by Gasteiger charge is -2.38. The molecule has 1 heterocycles. The number of benzene rings is 4. The zero-order valence-corrected chi connectivity index (χ0v) is 28.0. The molecule has 4 aromatic rings. The highest BCUT2D eigenvalue weighted by Gasteiger charge is 2.38. The van der Waals surface area contributed by atoms with Crippen LogP contribution in [-0.4, -0.2) is 48.1 Å². The fourth-order valence-electron chi connectivity index (χ4n) is 7.11. The number of aliphatic carboxylic acids is 1. The molecule has 1 fully saturated rings. The molecule has 2 aliphatic rings. The lowest BCUT2D eigenvalue weighted by Crippen LogP contribution is -2.48. The van der Waals surface area contributed by atoms with Crippen molar-refractivity contribution in [3.05, 3.63) is 119 Å². The molecule has 2 atom stereocenters. The molecule has 1 aliphatic carbocycles. The molecule has 0 radical (unpaired) electrons. The van der Waals surface area contributed by atoms with Gasteiger partial charge < -0.3 is 24.8 Å². The first kappa shape index (κ1) is 33.8. The van der Waals surface area contributed by atoms with Gasteiger partial charge in [0.25, 0.3) is 0 Å². The molecule has 2 amide bonds. The highest BCUT2D eigenvalue weighted by molar-refractivity contribution is 5.90. The van der Waals surface area contributed by atoms with Crippen LogP contribution in [0.3, 0.4) is 0 Å². The van der Waals surface area contributed by atoms with Gasteiger partial charge in [-0.05, 0) is 82.8 Å². The fourth-order valence-corrected chi connectivity index (χ4v) is 7.11. The predicted octanol–water partition coefficient (Wildman–Crippen LogP) is 7.32. The zero-order valence-electron chi connectivity index (χ0n) is 28.0. The molecule has 6 rings (SSSR count). The minimum absolute atomic E-state index is 0.0366. The maximum atomic E-state index is 14.4. The molecule has 0 spiro atoms. The van der Waals surface area contributed by atoms with Crippen LogP contribution >= 0.6 is 0 Å². The van der Waals surface area contributed by atoms with Crippen LogP contribution in [0.2, 0.25) is 0 Å². The molecule has 2 N–H and O–H groups in total. The van der Waals surface area contributed by atoms with Crippen LogP contribution in [0.25, 0.3) is 11.1 Å². The van der Waals surface area contributed by atoms with Crippen LogP contribution < -0.4 is 14.8 Å². The van der Waals surface area contributed by atoms with E-state index in [0.717, 1.165) is 59.3 Å². The number of hydrogen-bond donors (Lipinski definition) is 2. The number of hydrogen-bond acceptors (Lipinski definition) is 5. The number of carbonyl (C=O) groups is 3. The maximum absolute atomic E-state index is 14.4. The Labute approximate surface area is 288 Å². The number of nitrogens with one attached hydrogen (secondary N) is 1. The Morgan fingerprint density at radius 1 is 0.878 bits per heavy atom. The van der Waals surface area contributed by atoms with Crippen molar-refractivity contribution in [2.24, 2.45) is 5.92 Å². The molecule has 0 bridgehead atoms. The van der Waals surface area contributed by atoms with Crippen molar-refractivity contribution in [2.75, 3.05) is 20.3 Å². The SMILES string of the molecule is COc1ccc(CCOc2ccc3c(c2)C(C(=O)NC(CC(=O)O)c2ccc(-c4ccccc4)cc2)N(C(=O)CC2CCCC2)CC3)cc1. The minimum atomic E-state index is -1.02. The normalized spacial score (nSPS) is 16.4. The molecule has 1 saturated carbocycles. The van der Waals surface area contributed by atoms with Gasteiger partial charge in [0.2, 0.25) is 11.8 Å². The number of carbonyl (C=O) groups excluding carboxylic acids is 2. The summed E-state index contributed by atoms with van der Waals surface area (Å²) < 4.78 is 11.4. The van der Waals surface area contributed by atoms with E-state index in [1.165, 1.54) is 0 Å². The Balaban J connectivity index is 1.25. The van der Waals surface area contributed by atoms with Crippen LogP contribution in [0.1, 0.15) is 72.9 Å². The average molecular weight is 661 g/mol. The average Bonchev–Trinajstić information content (AvgIpc) is 3.64. The van der Waals surface area contributed by atoms with Gasteiger partial charge in [0.05, 0.1) is 26.2 Å². The molecule has 0 aromatic heterocycles. The predicted molar refractivity (Wildman–Crippen MR) is 188 cm³/mol. The Morgan fingerprint density at radius 2 is 1.57 bits per heavy atom. The summed E-state index contributed by atoms with van der Waals surface area (Å²) >= 11 is 0. The molecule has 1 aliphatic heterocycles. The number of amides is 2. The van der Waals surface area contributed by atoms with Gasteiger partial charge in [-0.25, -0.2) is 0 Å². The van der Waals surface area contributed by atoms with E-state index in [1.54, 1.807) is 12.0 Å². The van der Waals surface area contributed by atoms with Crippen molar-refractivity contribution in [3.63, 3.8) is 0 Å². The maximum Gasteiger partial charge on any atom is 0.305 e. The van der Waals surface area contributed by atoms with E-state index in [9.17, 15) is 19.5 Å². The van der Waals surface area contributed by atoms with Gasteiger partial charge in [0.15, 0.2) is 0 Å². The van der Waals surface area contributed by atoms with Crippen molar-refractivity contribution >= 4 is 17.8 Å². The highest BCUT2D eigenvalue weighted by atomic mass is 16.5. The van der Waals surface area contributed by atoms with Gasteiger partial charge in [-0.1, -0.05) is 85.6 Å². The van der Waals surface area contributed by atoms with E-state index >= 15 is 0 Å². The van der Waals surface area contributed by atoms with Crippen LogP contribution in [0, 0.1) is 5.92 Å². The van der Waals surface area contributed by atoms with Crippen molar-refractivity contribution in [1.82, 2.24) is 10.2 Å². The third kappa shape index (κ3) is 8.49. The number of fused-ring (bicyclic) bond motifs is 1. The number of ether oxygens (including phenoxy) is 2. The Morgan fingerprint density at radius 3 is 2.27 bits per heavy atom. The monoisotopic (exact) mass is 660 g/mol. The highest BCUT2D eigenvalue weighted by Crippen LogP contribution is 2.36. The van der Waals surface area contributed by atoms with Gasteiger partial charge in [-0.2, -0.15) is 0 Å². The van der Waals surface area contributed by atoms with Crippen LogP contribution in [0.15, 0.2) is 97.1 Å². The van der Waals surface area contributed by atoms with Crippen LogP contribution in [0.5, 0.6) is 11.5 Å². The van der Waals surface area contributed by atoms with Gasteiger partial charge >= 0.3 is 5.97 Å². The van der Waals surface area contributed by atoms with Gasteiger partial charge in [-0.3, -0.25) is 14.4 Å². The first-order chi connectivity index (χ1) is 23.9. The van der Waals surface area contributed by atoms with Crippen LogP contribution in [0.4, 0.5) is 0 Å². The molecule has 4 aromatic carbocycles. The second kappa shape index (κ2) is 15.9. The lowest BCUT2D eigenvalue weighted by atomic mass is 9.90. The Kier molecular flexibility index (Phi) is 10.9. The second-order valence-electron chi connectivity index (χ2n) is 13.0. The standard InChI is InChI=1S/C41H44N2O6/c1-48-34-18-11-28(12-19-34)22-24-49-35-20-17-32-21-23-43(38(44)25-29-7-5-6-8-29)40(36(32)26-35)41(47)42-37(27-39(45)46)33-15-13-31(14-16-33)30-9-3-2-4-10-30/h2-4,9-20,26,29,37,40H,5-8,21-25,27H2,1H3,(H,42,47)(H,45,46). The first-order valence-electron chi connectivity index (χ1n) is 17.2. The van der Waals surface area contributed by atoms with E-state index in [1.807, 2.05) is 97.1 Å². The summed E-state index contributed by atoms with van der Waals surface area (Å²) in [6, 6.07) is 29.5. The number of rotatable bonds is 13. The quantitative estimate of drug-likeness (QED) is 0.156. The number of nitrogens with zero attached hydrogens (tertiary/aromatic N) is 1. The molecular formula is C41H44N2O6. The first-order valence-corrected chi connectivity index (χ1v) is 17.2. The summed E-state index contributed by atoms with van der Waals surface area (Å²) in [5.41, 5.74) is 5.54. The smallest absolute Gasteiger partial charge is 0.305 e. The van der Waals surface area contributed by atoms with Crippen molar-refractivity contribution in [1.29, 1.82) is 0 Å². The third-order valence-corrected chi connectivity index (χ3v) is 9.79. The zero-order chi connectivity index (χ0) is 34.2. The molecule has 0 saturated heterocycles. The summed E-state index contributed by atoms with van der Waals surface area (Å²) in [6.07, 6.45) is 5.75. The molecule has 49 heavy (non-hydrogen) atoms. The van der Waals surface area contributed by atoms with E-state index in [2.05, 4.69) is 5.32 Å². The van der Waals surface area contributed by atoms with E-state index in [4.69, 9.17) is 9.47 Å².